The van der Waals surface area contributed by atoms with Gasteiger partial charge in [0.2, 0.25) is 5.95 Å². The molecule has 0 radical (unpaired) electrons. The third-order valence-corrected chi connectivity index (χ3v) is 3.60. The lowest BCUT2D eigenvalue weighted by molar-refractivity contribution is 0.576. The smallest absolute Gasteiger partial charge is 0.223 e. The number of anilines is 1. The van der Waals surface area contributed by atoms with Crippen LogP contribution in [-0.2, 0) is 0 Å². The first-order valence-electron chi connectivity index (χ1n) is 4.91. The lowest BCUT2D eigenvalue weighted by Crippen LogP contribution is -2.07. The molecule has 0 amide bonds. The largest absolute Gasteiger partial charge is 0.357 e. The van der Waals surface area contributed by atoms with Crippen molar-refractivity contribution in [2.75, 3.05) is 12.4 Å². The molecule has 0 aliphatic rings. The molecule has 1 atom stereocenters. The van der Waals surface area contributed by atoms with Gasteiger partial charge in [-0.1, -0.05) is 32.5 Å². The maximum Gasteiger partial charge on any atom is 0.223 e. The molecule has 1 N–H and O–H groups in total. The van der Waals surface area contributed by atoms with E-state index in [2.05, 4.69) is 36.1 Å². The van der Waals surface area contributed by atoms with E-state index in [9.17, 15) is 4.39 Å². The summed E-state index contributed by atoms with van der Waals surface area (Å²) in [6.45, 7) is 6.28. The van der Waals surface area contributed by atoms with E-state index >= 15 is 0 Å². The van der Waals surface area contributed by atoms with Gasteiger partial charge in [-0.2, -0.15) is 0 Å². The SMILES string of the molecule is CNc1ncc(F)c(SC(C)C(C)C)n1. The maximum atomic E-state index is 13.4. The van der Waals surface area contributed by atoms with Crippen molar-refractivity contribution in [3.05, 3.63) is 12.0 Å². The quantitative estimate of drug-likeness (QED) is 0.636. The summed E-state index contributed by atoms with van der Waals surface area (Å²) in [6.07, 6.45) is 1.20. The first-order chi connectivity index (χ1) is 7.04. The number of aromatic nitrogens is 2. The Balaban J connectivity index is 2.83. The highest BCUT2D eigenvalue weighted by atomic mass is 32.2. The fourth-order valence-electron chi connectivity index (χ4n) is 0.867. The number of hydrogen-bond donors (Lipinski definition) is 1. The van der Waals surface area contributed by atoms with Crippen molar-refractivity contribution >= 4 is 17.7 Å². The average molecular weight is 229 g/mol. The molecular weight excluding hydrogens is 213 g/mol. The van der Waals surface area contributed by atoms with Crippen molar-refractivity contribution in [3.8, 4) is 0 Å². The Morgan fingerprint density at radius 3 is 2.60 bits per heavy atom. The minimum atomic E-state index is -0.355. The summed E-state index contributed by atoms with van der Waals surface area (Å²) in [6, 6.07) is 0. The normalized spacial score (nSPS) is 12.9. The van der Waals surface area contributed by atoms with Gasteiger partial charge in [-0.25, -0.2) is 14.4 Å². The van der Waals surface area contributed by atoms with Crippen molar-refractivity contribution in [1.29, 1.82) is 0 Å². The molecule has 0 aliphatic carbocycles. The van der Waals surface area contributed by atoms with Gasteiger partial charge in [0, 0.05) is 12.3 Å². The minimum Gasteiger partial charge on any atom is -0.357 e. The van der Waals surface area contributed by atoms with E-state index in [1.807, 2.05) is 0 Å². The number of thioether (sulfide) groups is 1. The topological polar surface area (TPSA) is 37.8 Å². The molecule has 1 heterocycles. The summed E-state index contributed by atoms with van der Waals surface area (Å²) in [5.41, 5.74) is 0. The van der Waals surface area contributed by atoms with Crippen LogP contribution in [0.25, 0.3) is 0 Å². The molecule has 1 aromatic rings. The molecule has 0 bridgehead atoms. The first-order valence-corrected chi connectivity index (χ1v) is 5.79. The van der Waals surface area contributed by atoms with Crippen LogP contribution in [0.4, 0.5) is 10.3 Å². The van der Waals surface area contributed by atoms with Crippen LogP contribution < -0.4 is 5.32 Å². The molecule has 0 saturated carbocycles. The van der Waals surface area contributed by atoms with Crippen LogP contribution in [0.3, 0.4) is 0 Å². The molecule has 0 aliphatic heterocycles. The zero-order valence-electron chi connectivity index (χ0n) is 9.41. The molecule has 0 saturated heterocycles. The van der Waals surface area contributed by atoms with Crippen LogP contribution in [0.1, 0.15) is 20.8 Å². The lowest BCUT2D eigenvalue weighted by atomic mass is 10.2. The summed E-state index contributed by atoms with van der Waals surface area (Å²) in [7, 11) is 1.72. The van der Waals surface area contributed by atoms with Gasteiger partial charge in [-0.15, -0.1) is 0 Å². The zero-order chi connectivity index (χ0) is 11.4. The van der Waals surface area contributed by atoms with E-state index in [1.165, 1.54) is 18.0 Å². The molecule has 1 aromatic heterocycles. The molecular formula is C10H16FN3S. The standard InChI is InChI=1S/C10H16FN3S/c1-6(2)7(3)15-9-8(11)5-13-10(12-4)14-9/h5-7H,1-4H3,(H,12,13,14). The number of nitrogens with zero attached hydrogens (tertiary/aromatic N) is 2. The van der Waals surface area contributed by atoms with Crippen molar-refractivity contribution in [2.45, 2.75) is 31.0 Å². The van der Waals surface area contributed by atoms with Gasteiger partial charge in [-0.3, -0.25) is 0 Å². The van der Waals surface area contributed by atoms with E-state index in [0.717, 1.165) is 0 Å². The summed E-state index contributed by atoms with van der Waals surface area (Å²) in [4.78, 5) is 7.88. The van der Waals surface area contributed by atoms with E-state index in [1.54, 1.807) is 7.05 Å². The van der Waals surface area contributed by atoms with Crippen LogP contribution in [0.5, 0.6) is 0 Å². The van der Waals surface area contributed by atoms with Crippen LogP contribution >= 0.6 is 11.8 Å². The second-order valence-corrected chi connectivity index (χ2v) is 5.03. The maximum absolute atomic E-state index is 13.4. The van der Waals surface area contributed by atoms with Crippen LogP contribution in [-0.4, -0.2) is 22.3 Å². The molecule has 1 rings (SSSR count). The highest BCUT2D eigenvalue weighted by molar-refractivity contribution is 7.99. The third-order valence-electron chi connectivity index (χ3n) is 2.17. The van der Waals surface area contributed by atoms with E-state index in [0.29, 0.717) is 22.1 Å². The monoisotopic (exact) mass is 229 g/mol. The molecule has 3 nitrogen and oxygen atoms in total. The molecule has 5 heteroatoms. The second-order valence-electron chi connectivity index (χ2n) is 3.66. The summed E-state index contributed by atoms with van der Waals surface area (Å²) < 4.78 is 13.4. The van der Waals surface area contributed by atoms with Gasteiger partial charge in [0.1, 0.15) is 5.03 Å². The molecule has 84 valence electrons. The predicted octanol–water partition coefficient (Wildman–Crippen LogP) is 2.79. The first kappa shape index (κ1) is 12.2. The second kappa shape index (κ2) is 5.30. The number of nitrogens with one attached hydrogen (secondary N) is 1. The van der Waals surface area contributed by atoms with E-state index in [-0.39, 0.29) is 5.82 Å². The van der Waals surface area contributed by atoms with Gasteiger partial charge in [-0.05, 0) is 5.92 Å². The Kier molecular flexibility index (Phi) is 4.32. The highest BCUT2D eigenvalue weighted by Crippen LogP contribution is 2.28. The van der Waals surface area contributed by atoms with Crippen molar-refractivity contribution in [3.63, 3.8) is 0 Å². The summed E-state index contributed by atoms with van der Waals surface area (Å²) >= 11 is 1.44. The molecule has 15 heavy (non-hydrogen) atoms. The van der Waals surface area contributed by atoms with E-state index in [4.69, 9.17) is 0 Å². The third kappa shape index (κ3) is 3.34. The molecule has 0 fully saturated rings. The minimum absolute atomic E-state index is 0.333. The van der Waals surface area contributed by atoms with Gasteiger partial charge < -0.3 is 5.32 Å². The van der Waals surface area contributed by atoms with Gasteiger partial charge in [0.05, 0.1) is 6.20 Å². The molecule has 1 unspecified atom stereocenters. The number of halogens is 1. The van der Waals surface area contributed by atoms with Gasteiger partial charge >= 0.3 is 0 Å². The Labute approximate surface area is 93.9 Å². The van der Waals surface area contributed by atoms with Crippen molar-refractivity contribution in [2.24, 2.45) is 5.92 Å². The number of rotatable bonds is 4. The summed E-state index contributed by atoms with van der Waals surface area (Å²) in [5.74, 6) is 0.587. The summed E-state index contributed by atoms with van der Waals surface area (Å²) in [5, 5.41) is 3.54. The van der Waals surface area contributed by atoms with Gasteiger partial charge in [0.15, 0.2) is 5.82 Å². The van der Waals surface area contributed by atoms with Crippen molar-refractivity contribution < 1.29 is 4.39 Å². The number of hydrogen-bond acceptors (Lipinski definition) is 4. The molecule has 0 aromatic carbocycles. The zero-order valence-corrected chi connectivity index (χ0v) is 10.2. The Morgan fingerprint density at radius 1 is 1.40 bits per heavy atom. The fourth-order valence-corrected chi connectivity index (χ4v) is 1.80. The Hall–Kier alpha value is -0.840. The Bertz CT molecular complexity index is 330. The van der Waals surface area contributed by atoms with Crippen LogP contribution in [0, 0.1) is 11.7 Å². The van der Waals surface area contributed by atoms with Crippen molar-refractivity contribution in [1.82, 2.24) is 9.97 Å². The van der Waals surface area contributed by atoms with Crippen LogP contribution in [0.15, 0.2) is 11.2 Å². The molecule has 0 spiro atoms. The Morgan fingerprint density at radius 2 is 2.07 bits per heavy atom. The van der Waals surface area contributed by atoms with Crippen LogP contribution in [0.2, 0.25) is 0 Å². The average Bonchev–Trinajstić information content (AvgIpc) is 2.21. The van der Waals surface area contributed by atoms with E-state index < -0.39 is 0 Å². The lowest BCUT2D eigenvalue weighted by Gasteiger charge is -2.14. The fraction of sp³-hybridized carbons (Fsp3) is 0.600. The predicted molar refractivity (Wildman–Crippen MR) is 61.7 cm³/mol. The highest BCUT2D eigenvalue weighted by Gasteiger charge is 2.14. The van der Waals surface area contributed by atoms with Gasteiger partial charge in [0.25, 0.3) is 0 Å².